The molecule has 4 aromatic carbocycles. The highest BCUT2D eigenvalue weighted by Gasteiger charge is 2.45. The highest BCUT2D eigenvalue weighted by atomic mass is 31.2. The summed E-state index contributed by atoms with van der Waals surface area (Å²) in [6.07, 6.45) is 3.30. The quantitative estimate of drug-likeness (QED) is 0.177. The Morgan fingerprint density at radius 2 is 0.971 bits per heavy atom. The van der Waals surface area contributed by atoms with Crippen LogP contribution in [-0.4, -0.2) is 20.6 Å². The lowest BCUT2D eigenvalue weighted by molar-refractivity contribution is 0.191. The normalized spacial score (nSPS) is 12.9. The molecule has 0 aliphatic rings. The van der Waals surface area contributed by atoms with Crippen molar-refractivity contribution in [2.75, 3.05) is 6.16 Å². The van der Waals surface area contributed by atoms with Crippen molar-refractivity contribution in [2.24, 2.45) is 0 Å². The third-order valence-electron chi connectivity index (χ3n) is 6.20. The van der Waals surface area contributed by atoms with Gasteiger partial charge in [-0.15, -0.1) is 0 Å². The van der Waals surface area contributed by atoms with Gasteiger partial charge in [-0.25, -0.2) is 0 Å². The summed E-state index contributed by atoms with van der Waals surface area (Å²) in [7, 11) is -3.54. The molecule has 1 nitrogen and oxygen atoms in total. The maximum Gasteiger partial charge on any atom is 0.184 e. The molecule has 0 unspecified atom stereocenters. The van der Waals surface area contributed by atoms with Crippen LogP contribution in [0, 0.1) is 0 Å². The second-order valence-corrected chi connectivity index (χ2v) is 17.9. The molecular formula is C31H36OPSi+. The molecule has 0 N–H and O–H groups in total. The van der Waals surface area contributed by atoms with E-state index in [1.54, 1.807) is 0 Å². The summed E-state index contributed by atoms with van der Waals surface area (Å²) in [4.78, 5) is 0. The van der Waals surface area contributed by atoms with Crippen molar-refractivity contribution >= 4 is 31.5 Å². The molecule has 0 amide bonds. The SMILES string of the molecule is C[Si](C)(C)O[C@@H](CC[P+](c1ccccc1)(c1ccccc1)c1ccccc1)Cc1ccccc1. The fraction of sp³-hybridized carbons (Fsp3) is 0.226. The Bertz CT molecular complexity index is 1030. The first-order valence-electron chi connectivity index (χ1n) is 12.2. The minimum atomic E-state index is -1.84. The van der Waals surface area contributed by atoms with Gasteiger partial charge in [0.25, 0.3) is 0 Å². The first kappa shape index (κ1) is 24.6. The molecule has 0 spiro atoms. The molecule has 0 radical (unpaired) electrons. The van der Waals surface area contributed by atoms with Gasteiger partial charge < -0.3 is 4.43 Å². The van der Waals surface area contributed by atoms with Crippen LogP contribution in [0.2, 0.25) is 19.6 Å². The Morgan fingerprint density at radius 3 is 1.35 bits per heavy atom. The molecule has 0 aliphatic carbocycles. The summed E-state index contributed by atoms with van der Waals surface area (Å²) in [6, 6.07) is 44.3. The zero-order chi connectivity index (χ0) is 23.9. The van der Waals surface area contributed by atoms with Crippen LogP contribution < -0.4 is 15.9 Å². The van der Waals surface area contributed by atoms with E-state index in [9.17, 15) is 0 Å². The van der Waals surface area contributed by atoms with Crippen molar-refractivity contribution in [1.82, 2.24) is 0 Å². The van der Waals surface area contributed by atoms with Crippen LogP contribution in [0.1, 0.15) is 12.0 Å². The fourth-order valence-electron chi connectivity index (χ4n) is 4.80. The first-order valence-corrected chi connectivity index (χ1v) is 17.6. The zero-order valence-corrected chi connectivity index (χ0v) is 22.5. The van der Waals surface area contributed by atoms with Gasteiger partial charge in [-0.3, -0.25) is 0 Å². The Morgan fingerprint density at radius 1 is 0.588 bits per heavy atom. The Hall–Kier alpha value is -2.51. The first-order chi connectivity index (χ1) is 16.5. The van der Waals surface area contributed by atoms with E-state index >= 15 is 0 Å². The number of rotatable bonds is 10. The molecule has 174 valence electrons. The lowest BCUT2D eigenvalue weighted by Crippen LogP contribution is -2.37. The molecule has 0 heterocycles. The van der Waals surface area contributed by atoms with Crippen molar-refractivity contribution < 1.29 is 4.43 Å². The maximum atomic E-state index is 6.80. The standard InChI is InChI=1S/C31H36OPSi/c1-34(2,3)32-28(26-27-16-8-4-9-17-27)24-25-33(29-18-10-5-11-19-29,30-20-12-6-13-21-30)31-22-14-7-15-23-31/h4-23,28H,24-26H2,1-3H3/q+1/t28-/m0/s1. The van der Waals surface area contributed by atoms with Crippen LogP contribution in [-0.2, 0) is 10.8 Å². The molecular weight excluding hydrogens is 447 g/mol. The van der Waals surface area contributed by atoms with Gasteiger partial charge in [0.05, 0.1) is 12.3 Å². The van der Waals surface area contributed by atoms with Crippen molar-refractivity contribution in [2.45, 2.75) is 38.6 Å². The van der Waals surface area contributed by atoms with E-state index in [2.05, 4.69) is 141 Å². The second-order valence-electron chi connectivity index (χ2n) is 9.87. The van der Waals surface area contributed by atoms with Gasteiger partial charge in [-0.2, -0.15) is 0 Å². The van der Waals surface area contributed by atoms with E-state index in [-0.39, 0.29) is 6.10 Å². The minimum Gasteiger partial charge on any atom is -0.414 e. The van der Waals surface area contributed by atoms with E-state index in [4.69, 9.17) is 4.43 Å². The van der Waals surface area contributed by atoms with E-state index < -0.39 is 15.6 Å². The van der Waals surface area contributed by atoms with Crippen LogP contribution in [0.25, 0.3) is 0 Å². The fourth-order valence-corrected chi connectivity index (χ4v) is 10.4. The van der Waals surface area contributed by atoms with Gasteiger partial charge in [0, 0.05) is 6.42 Å². The molecule has 0 aliphatic heterocycles. The summed E-state index contributed by atoms with van der Waals surface area (Å²) in [5, 5.41) is 4.33. The van der Waals surface area contributed by atoms with E-state index in [1.807, 2.05) is 0 Å². The Kier molecular flexibility index (Phi) is 8.16. The summed E-state index contributed by atoms with van der Waals surface area (Å²) in [5.74, 6) is 0. The van der Waals surface area contributed by atoms with E-state index in [0.29, 0.717) is 0 Å². The molecule has 0 saturated carbocycles. The summed E-state index contributed by atoms with van der Waals surface area (Å²) < 4.78 is 6.80. The third-order valence-corrected chi connectivity index (χ3v) is 11.7. The van der Waals surface area contributed by atoms with Gasteiger partial charge in [-0.1, -0.05) is 84.9 Å². The predicted molar refractivity (Wildman–Crippen MR) is 153 cm³/mol. The van der Waals surface area contributed by atoms with Gasteiger partial charge in [0.2, 0.25) is 0 Å². The second kappa shape index (κ2) is 11.3. The molecule has 1 atom stereocenters. The van der Waals surface area contributed by atoms with Crippen LogP contribution in [0.15, 0.2) is 121 Å². The molecule has 4 rings (SSSR count). The van der Waals surface area contributed by atoms with Crippen molar-refractivity contribution in [3.63, 3.8) is 0 Å². The lowest BCUT2D eigenvalue weighted by atomic mass is 10.1. The van der Waals surface area contributed by atoms with Gasteiger partial charge in [0.1, 0.15) is 23.2 Å². The lowest BCUT2D eigenvalue weighted by Gasteiger charge is -2.31. The van der Waals surface area contributed by atoms with Gasteiger partial charge in [0.15, 0.2) is 8.32 Å². The highest BCUT2D eigenvalue weighted by molar-refractivity contribution is 7.95. The molecule has 0 bridgehead atoms. The Balaban J connectivity index is 1.77. The topological polar surface area (TPSA) is 9.23 Å². The zero-order valence-electron chi connectivity index (χ0n) is 20.6. The predicted octanol–water partition coefficient (Wildman–Crippen LogP) is 6.83. The van der Waals surface area contributed by atoms with Crippen LogP contribution in [0.5, 0.6) is 0 Å². The summed E-state index contributed by atoms with van der Waals surface area (Å²) in [5.41, 5.74) is 1.36. The number of benzene rings is 4. The molecule has 4 aromatic rings. The van der Waals surface area contributed by atoms with Crippen molar-refractivity contribution in [1.29, 1.82) is 0 Å². The monoisotopic (exact) mass is 483 g/mol. The molecule has 34 heavy (non-hydrogen) atoms. The largest absolute Gasteiger partial charge is 0.414 e. The van der Waals surface area contributed by atoms with E-state index in [1.165, 1.54) is 21.5 Å². The highest BCUT2D eigenvalue weighted by Crippen LogP contribution is 2.56. The molecule has 0 fully saturated rings. The number of hydrogen-bond acceptors (Lipinski definition) is 1. The number of hydrogen-bond donors (Lipinski definition) is 0. The maximum absolute atomic E-state index is 6.80. The molecule has 0 aromatic heterocycles. The summed E-state index contributed by atoms with van der Waals surface area (Å²) >= 11 is 0. The average molecular weight is 484 g/mol. The van der Waals surface area contributed by atoms with Crippen LogP contribution in [0.3, 0.4) is 0 Å². The minimum absolute atomic E-state index is 0.213. The third kappa shape index (κ3) is 6.13. The summed E-state index contributed by atoms with van der Waals surface area (Å²) in [6.45, 7) is 6.91. The average Bonchev–Trinajstić information content (AvgIpc) is 2.86. The van der Waals surface area contributed by atoms with Crippen molar-refractivity contribution in [3.8, 4) is 0 Å². The van der Waals surface area contributed by atoms with E-state index in [0.717, 1.165) is 19.0 Å². The molecule has 0 saturated heterocycles. The van der Waals surface area contributed by atoms with Gasteiger partial charge in [-0.05, 0) is 68.0 Å². The van der Waals surface area contributed by atoms with Crippen LogP contribution in [0.4, 0.5) is 0 Å². The molecule has 3 heteroatoms. The van der Waals surface area contributed by atoms with Crippen LogP contribution >= 0.6 is 7.26 Å². The smallest absolute Gasteiger partial charge is 0.184 e. The Labute approximate surface area is 207 Å². The van der Waals surface area contributed by atoms with Gasteiger partial charge >= 0.3 is 0 Å². The van der Waals surface area contributed by atoms with Crippen molar-refractivity contribution in [3.05, 3.63) is 127 Å².